The Bertz CT molecular complexity index is 351. The van der Waals surface area contributed by atoms with Crippen LogP contribution in [0.3, 0.4) is 0 Å². The third kappa shape index (κ3) is 4.15. The Kier molecular flexibility index (Phi) is 5.01. The van der Waals surface area contributed by atoms with Gasteiger partial charge in [0, 0.05) is 14.7 Å². The summed E-state index contributed by atoms with van der Waals surface area (Å²) in [6.45, 7) is 4.07. The van der Waals surface area contributed by atoms with E-state index in [4.69, 9.17) is 5.73 Å². The number of hydrogen-bond acceptors (Lipinski definition) is 3. The maximum atomic E-state index is 11.4. The van der Waals surface area contributed by atoms with Gasteiger partial charge in [-0.25, -0.2) is 0 Å². The summed E-state index contributed by atoms with van der Waals surface area (Å²) in [6, 6.07) is 1.48. The molecule has 0 radical (unpaired) electrons. The molecule has 1 heterocycles. The van der Waals surface area contributed by atoms with E-state index in [0.717, 1.165) is 9.35 Å². The molecule has 82 valence electrons. The van der Waals surface area contributed by atoms with Crippen molar-refractivity contribution < 1.29 is 4.79 Å². The van der Waals surface area contributed by atoms with Crippen LogP contribution in [0.25, 0.3) is 0 Å². The molecule has 0 aliphatic carbocycles. The van der Waals surface area contributed by atoms with Crippen LogP contribution in [-0.4, -0.2) is 11.9 Å². The predicted octanol–water partition coefficient (Wildman–Crippen LogP) is 2.03. The van der Waals surface area contributed by atoms with Crippen LogP contribution in [-0.2, 0) is 11.3 Å². The average Bonchev–Trinajstić information content (AvgIpc) is 2.61. The molecule has 15 heavy (non-hydrogen) atoms. The van der Waals surface area contributed by atoms with Crippen LogP contribution in [0.1, 0.15) is 11.3 Å². The monoisotopic (exact) mass is 288 g/mol. The fourth-order valence-corrected chi connectivity index (χ4v) is 2.43. The molecule has 1 aromatic heterocycles. The molecule has 5 heteroatoms. The van der Waals surface area contributed by atoms with Crippen molar-refractivity contribution in [3.63, 3.8) is 0 Å². The Balaban J connectivity index is 2.37. The van der Waals surface area contributed by atoms with Gasteiger partial charge in [0.1, 0.15) is 0 Å². The Labute approximate surface area is 101 Å². The Morgan fingerprint density at radius 2 is 2.53 bits per heavy atom. The maximum Gasteiger partial charge on any atom is 0.237 e. The van der Waals surface area contributed by atoms with E-state index in [1.165, 1.54) is 0 Å². The van der Waals surface area contributed by atoms with E-state index < -0.39 is 6.04 Å². The van der Waals surface area contributed by atoms with Gasteiger partial charge in [-0.15, -0.1) is 17.9 Å². The largest absolute Gasteiger partial charge is 0.350 e. The fraction of sp³-hybridized carbons (Fsp3) is 0.300. The third-order valence-corrected chi connectivity index (χ3v) is 3.51. The molecule has 0 saturated carbocycles. The Hall–Kier alpha value is -0.650. The second kappa shape index (κ2) is 6.05. The highest BCUT2D eigenvalue weighted by Gasteiger charge is 2.10. The smallest absolute Gasteiger partial charge is 0.237 e. The molecule has 0 bridgehead atoms. The van der Waals surface area contributed by atoms with E-state index in [0.29, 0.717) is 13.0 Å². The van der Waals surface area contributed by atoms with Crippen LogP contribution < -0.4 is 11.1 Å². The van der Waals surface area contributed by atoms with E-state index >= 15 is 0 Å². The molecule has 0 fully saturated rings. The fourth-order valence-electron chi connectivity index (χ4n) is 1.04. The molecule has 1 amide bonds. The first kappa shape index (κ1) is 12.4. The Morgan fingerprint density at radius 3 is 3.07 bits per heavy atom. The zero-order valence-electron chi connectivity index (χ0n) is 8.20. The van der Waals surface area contributed by atoms with Gasteiger partial charge in [-0.05, 0) is 28.4 Å². The standard InChI is InChI=1S/C10H13BrN2OS/c1-2-3-9(12)10(14)13-5-8-4-7(11)6-15-8/h2,4,6,9H,1,3,5,12H2,(H,13,14). The van der Waals surface area contributed by atoms with E-state index in [1.54, 1.807) is 17.4 Å². The summed E-state index contributed by atoms with van der Waals surface area (Å²) < 4.78 is 1.03. The lowest BCUT2D eigenvalue weighted by Gasteiger charge is -2.08. The molecule has 0 aromatic carbocycles. The number of halogens is 1. The first-order chi connectivity index (χ1) is 7.13. The van der Waals surface area contributed by atoms with Crippen LogP contribution in [0.4, 0.5) is 0 Å². The number of thiophene rings is 1. The zero-order chi connectivity index (χ0) is 11.3. The van der Waals surface area contributed by atoms with Gasteiger partial charge in [-0.1, -0.05) is 6.08 Å². The van der Waals surface area contributed by atoms with Crippen LogP contribution in [0, 0.1) is 0 Å². The van der Waals surface area contributed by atoms with Crippen LogP contribution in [0.5, 0.6) is 0 Å². The number of carbonyl (C=O) groups excluding carboxylic acids is 1. The van der Waals surface area contributed by atoms with E-state index in [1.807, 2.05) is 11.4 Å². The van der Waals surface area contributed by atoms with Crippen LogP contribution >= 0.6 is 27.3 Å². The minimum Gasteiger partial charge on any atom is -0.350 e. The molecule has 0 saturated heterocycles. The number of nitrogens with one attached hydrogen (secondary N) is 1. The molecule has 3 nitrogen and oxygen atoms in total. The lowest BCUT2D eigenvalue weighted by atomic mass is 10.2. The van der Waals surface area contributed by atoms with E-state index in [-0.39, 0.29) is 5.91 Å². The van der Waals surface area contributed by atoms with Crippen molar-refractivity contribution in [1.82, 2.24) is 5.32 Å². The van der Waals surface area contributed by atoms with Gasteiger partial charge in [0.25, 0.3) is 0 Å². The van der Waals surface area contributed by atoms with Crippen molar-refractivity contribution in [2.75, 3.05) is 0 Å². The van der Waals surface area contributed by atoms with Crippen molar-refractivity contribution >= 4 is 33.2 Å². The number of hydrogen-bond donors (Lipinski definition) is 2. The minimum atomic E-state index is -0.495. The first-order valence-electron chi connectivity index (χ1n) is 4.50. The van der Waals surface area contributed by atoms with Crippen LogP contribution in [0.15, 0.2) is 28.6 Å². The molecule has 0 spiro atoms. The number of nitrogens with two attached hydrogens (primary N) is 1. The van der Waals surface area contributed by atoms with Crippen molar-refractivity contribution in [3.05, 3.63) is 33.5 Å². The summed E-state index contributed by atoms with van der Waals surface area (Å²) >= 11 is 4.95. The van der Waals surface area contributed by atoms with E-state index in [9.17, 15) is 4.79 Å². The quantitative estimate of drug-likeness (QED) is 0.815. The lowest BCUT2D eigenvalue weighted by molar-refractivity contribution is -0.122. The molecule has 0 aliphatic rings. The zero-order valence-corrected chi connectivity index (χ0v) is 10.6. The van der Waals surface area contributed by atoms with Gasteiger partial charge in [0.15, 0.2) is 0 Å². The van der Waals surface area contributed by atoms with Gasteiger partial charge >= 0.3 is 0 Å². The highest BCUT2D eigenvalue weighted by Crippen LogP contribution is 2.19. The normalized spacial score (nSPS) is 12.1. The summed E-state index contributed by atoms with van der Waals surface area (Å²) in [5, 5.41) is 4.75. The summed E-state index contributed by atoms with van der Waals surface area (Å²) in [5.74, 6) is -0.139. The van der Waals surface area contributed by atoms with E-state index in [2.05, 4.69) is 27.8 Å². The van der Waals surface area contributed by atoms with Crippen molar-refractivity contribution in [3.8, 4) is 0 Å². The maximum absolute atomic E-state index is 11.4. The molecular formula is C10H13BrN2OS. The van der Waals surface area contributed by atoms with Crippen molar-refractivity contribution in [1.29, 1.82) is 0 Å². The van der Waals surface area contributed by atoms with Gasteiger partial charge in [-0.2, -0.15) is 0 Å². The van der Waals surface area contributed by atoms with Crippen molar-refractivity contribution in [2.45, 2.75) is 19.0 Å². The molecular weight excluding hydrogens is 276 g/mol. The average molecular weight is 289 g/mol. The molecule has 1 rings (SSSR count). The minimum absolute atomic E-state index is 0.139. The topological polar surface area (TPSA) is 55.1 Å². The number of rotatable bonds is 5. The summed E-state index contributed by atoms with van der Waals surface area (Å²) in [6.07, 6.45) is 2.14. The molecule has 0 aliphatic heterocycles. The summed E-state index contributed by atoms with van der Waals surface area (Å²) in [4.78, 5) is 12.5. The molecule has 1 aromatic rings. The van der Waals surface area contributed by atoms with Gasteiger partial charge in [0.2, 0.25) is 5.91 Å². The molecule has 1 unspecified atom stereocenters. The predicted molar refractivity (Wildman–Crippen MR) is 66.7 cm³/mol. The summed E-state index contributed by atoms with van der Waals surface area (Å²) in [5.41, 5.74) is 5.61. The highest BCUT2D eigenvalue weighted by atomic mass is 79.9. The highest BCUT2D eigenvalue weighted by molar-refractivity contribution is 9.10. The number of carbonyl (C=O) groups is 1. The van der Waals surface area contributed by atoms with Crippen molar-refractivity contribution in [2.24, 2.45) is 5.73 Å². The second-order valence-corrected chi connectivity index (χ2v) is 4.99. The van der Waals surface area contributed by atoms with Gasteiger partial charge < -0.3 is 11.1 Å². The van der Waals surface area contributed by atoms with Crippen LogP contribution in [0.2, 0.25) is 0 Å². The molecule has 1 atom stereocenters. The summed E-state index contributed by atoms with van der Waals surface area (Å²) in [7, 11) is 0. The first-order valence-corrected chi connectivity index (χ1v) is 6.18. The third-order valence-electron chi connectivity index (χ3n) is 1.82. The SMILES string of the molecule is C=CCC(N)C(=O)NCc1cc(Br)cs1. The number of amides is 1. The second-order valence-electron chi connectivity index (χ2n) is 3.08. The Morgan fingerprint density at radius 1 is 1.80 bits per heavy atom. The van der Waals surface area contributed by atoms with Gasteiger partial charge in [-0.3, -0.25) is 4.79 Å². The van der Waals surface area contributed by atoms with Gasteiger partial charge in [0.05, 0.1) is 12.6 Å². The lowest BCUT2D eigenvalue weighted by Crippen LogP contribution is -2.39. The molecule has 3 N–H and O–H groups in total.